The average molecular weight is 258 g/mol. The Morgan fingerprint density at radius 1 is 1.41 bits per heavy atom. The molecule has 5 nitrogen and oxygen atoms in total. The van der Waals surface area contributed by atoms with E-state index in [-0.39, 0.29) is 11.5 Å². The van der Waals surface area contributed by atoms with Gasteiger partial charge in [-0.05, 0) is 18.6 Å². The molecule has 0 bridgehead atoms. The number of aromatic nitrogens is 1. The molecule has 0 atom stereocenters. The molecule has 1 rings (SSSR count). The third kappa shape index (κ3) is 3.67. The van der Waals surface area contributed by atoms with Gasteiger partial charge in [-0.1, -0.05) is 6.92 Å². The SMILES string of the molecule is CCCN(CCO)c1ncccc1S(C)(=O)=O. The number of pyridine rings is 1. The monoisotopic (exact) mass is 258 g/mol. The second-order valence-corrected chi connectivity index (χ2v) is 5.79. The molecule has 0 radical (unpaired) electrons. The first-order valence-corrected chi connectivity index (χ1v) is 7.40. The minimum absolute atomic E-state index is 0.0280. The van der Waals surface area contributed by atoms with E-state index < -0.39 is 9.84 Å². The summed E-state index contributed by atoms with van der Waals surface area (Å²) in [5.74, 6) is 0.422. The van der Waals surface area contributed by atoms with Gasteiger partial charge in [-0.3, -0.25) is 0 Å². The minimum Gasteiger partial charge on any atom is -0.395 e. The summed E-state index contributed by atoms with van der Waals surface area (Å²) in [4.78, 5) is 6.12. The van der Waals surface area contributed by atoms with E-state index >= 15 is 0 Å². The number of rotatable bonds is 6. The lowest BCUT2D eigenvalue weighted by Gasteiger charge is -2.23. The van der Waals surface area contributed by atoms with E-state index in [1.165, 1.54) is 6.07 Å². The number of sulfone groups is 1. The Labute approximate surface area is 102 Å². The van der Waals surface area contributed by atoms with Gasteiger partial charge in [-0.25, -0.2) is 13.4 Å². The molecule has 0 fully saturated rings. The van der Waals surface area contributed by atoms with Gasteiger partial charge in [0, 0.05) is 25.5 Å². The van der Waals surface area contributed by atoms with Gasteiger partial charge >= 0.3 is 0 Å². The van der Waals surface area contributed by atoms with Crippen LogP contribution in [0.2, 0.25) is 0 Å². The highest BCUT2D eigenvalue weighted by Crippen LogP contribution is 2.22. The standard InChI is InChI=1S/C11H18N2O3S/c1-3-7-13(8-9-14)11-10(17(2,15)16)5-4-6-12-11/h4-6,14H,3,7-9H2,1-2H3. The fourth-order valence-electron chi connectivity index (χ4n) is 1.62. The first kappa shape index (κ1) is 13.9. The molecular weight excluding hydrogens is 240 g/mol. The molecule has 0 aliphatic heterocycles. The van der Waals surface area contributed by atoms with Crippen molar-refractivity contribution in [2.75, 3.05) is 30.9 Å². The maximum absolute atomic E-state index is 11.6. The third-order valence-electron chi connectivity index (χ3n) is 2.31. The van der Waals surface area contributed by atoms with Crippen molar-refractivity contribution in [3.05, 3.63) is 18.3 Å². The van der Waals surface area contributed by atoms with Crippen LogP contribution in [-0.4, -0.2) is 44.5 Å². The van der Waals surface area contributed by atoms with Crippen LogP contribution < -0.4 is 4.90 Å². The van der Waals surface area contributed by atoms with Crippen LogP contribution in [0.4, 0.5) is 5.82 Å². The van der Waals surface area contributed by atoms with Crippen molar-refractivity contribution in [3.63, 3.8) is 0 Å². The summed E-state index contributed by atoms with van der Waals surface area (Å²) < 4.78 is 23.3. The van der Waals surface area contributed by atoms with Gasteiger partial charge in [0.05, 0.1) is 6.61 Å². The summed E-state index contributed by atoms with van der Waals surface area (Å²) in [6.07, 6.45) is 3.58. The second kappa shape index (κ2) is 5.97. The molecule has 1 aromatic heterocycles. The maximum atomic E-state index is 11.6. The maximum Gasteiger partial charge on any atom is 0.179 e. The molecular formula is C11H18N2O3S. The molecule has 96 valence electrons. The minimum atomic E-state index is -3.30. The van der Waals surface area contributed by atoms with E-state index in [2.05, 4.69) is 4.98 Å². The number of aliphatic hydroxyl groups excluding tert-OH is 1. The molecule has 0 saturated carbocycles. The molecule has 1 heterocycles. The first-order valence-electron chi connectivity index (χ1n) is 5.51. The van der Waals surface area contributed by atoms with E-state index in [0.29, 0.717) is 18.9 Å². The summed E-state index contributed by atoms with van der Waals surface area (Å²) in [5.41, 5.74) is 0. The highest BCUT2D eigenvalue weighted by atomic mass is 32.2. The summed E-state index contributed by atoms with van der Waals surface area (Å²) in [6.45, 7) is 3.01. The molecule has 6 heteroatoms. The molecule has 0 saturated heterocycles. The number of hydrogen-bond acceptors (Lipinski definition) is 5. The zero-order chi connectivity index (χ0) is 12.9. The molecule has 0 unspecified atom stereocenters. The van der Waals surface area contributed by atoms with Gasteiger partial charge in [0.1, 0.15) is 10.7 Å². The fraction of sp³-hybridized carbons (Fsp3) is 0.545. The van der Waals surface area contributed by atoms with Crippen molar-refractivity contribution < 1.29 is 13.5 Å². The van der Waals surface area contributed by atoms with Crippen LogP contribution in [0.3, 0.4) is 0 Å². The van der Waals surface area contributed by atoms with Crippen molar-refractivity contribution in [3.8, 4) is 0 Å². The molecule has 0 amide bonds. The molecule has 0 aromatic carbocycles. The second-order valence-electron chi connectivity index (χ2n) is 3.81. The van der Waals surface area contributed by atoms with E-state index in [0.717, 1.165) is 12.7 Å². The van der Waals surface area contributed by atoms with Gasteiger partial charge < -0.3 is 10.0 Å². The Bertz CT molecular complexity index is 454. The number of nitrogens with zero attached hydrogens (tertiary/aromatic N) is 2. The molecule has 0 aliphatic carbocycles. The van der Waals surface area contributed by atoms with Gasteiger partial charge in [0.2, 0.25) is 0 Å². The van der Waals surface area contributed by atoms with Crippen LogP contribution in [0.25, 0.3) is 0 Å². The quantitative estimate of drug-likeness (QED) is 0.813. The Hall–Kier alpha value is -1.14. The number of aliphatic hydroxyl groups is 1. The zero-order valence-corrected chi connectivity index (χ0v) is 10.9. The fourth-order valence-corrected chi connectivity index (χ4v) is 2.46. The Balaban J connectivity index is 3.18. The largest absolute Gasteiger partial charge is 0.395 e. The normalized spacial score (nSPS) is 11.5. The lowest BCUT2D eigenvalue weighted by atomic mass is 10.3. The molecule has 0 spiro atoms. The highest BCUT2D eigenvalue weighted by molar-refractivity contribution is 7.90. The Kier molecular flexibility index (Phi) is 4.89. The highest BCUT2D eigenvalue weighted by Gasteiger charge is 2.18. The van der Waals surface area contributed by atoms with Gasteiger partial charge in [0.15, 0.2) is 9.84 Å². The summed E-state index contributed by atoms with van der Waals surface area (Å²) in [7, 11) is -3.30. The molecule has 1 aromatic rings. The van der Waals surface area contributed by atoms with Crippen LogP contribution in [-0.2, 0) is 9.84 Å². The average Bonchev–Trinajstić information content (AvgIpc) is 2.28. The first-order chi connectivity index (χ1) is 8.00. The summed E-state index contributed by atoms with van der Waals surface area (Å²) >= 11 is 0. The van der Waals surface area contributed by atoms with E-state index in [9.17, 15) is 8.42 Å². The number of hydrogen-bond donors (Lipinski definition) is 1. The van der Waals surface area contributed by atoms with Crippen molar-refractivity contribution in [1.29, 1.82) is 0 Å². The number of anilines is 1. The lowest BCUT2D eigenvalue weighted by Crippen LogP contribution is -2.29. The molecule has 1 N–H and O–H groups in total. The molecule has 17 heavy (non-hydrogen) atoms. The van der Waals surface area contributed by atoms with Crippen LogP contribution >= 0.6 is 0 Å². The van der Waals surface area contributed by atoms with E-state index in [1.807, 2.05) is 6.92 Å². The third-order valence-corrected chi connectivity index (χ3v) is 3.43. The predicted octanol–water partition coefficient (Wildman–Crippen LogP) is 0.694. The zero-order valence-electron chi connectivity index (χ0n) is 10.1. The smallest absolute Gasteiger partial charge is 0.179 e. The van der Waals surface area contributed by atoms with Gasteiger partial charge in [-0.2, -0.15) is 0 Å². The van der Waals surface area contributed by atoms with Crippen molar-refractivity contribution in [1.82, 2.24) is 4.98 Å². The summed E-state index contributed by atoms with van der Waals surface area (Å²) in [5, 5.41) is 9.00. The topological polar surface area (TPSA) is 70.5 Å². The Morgan fingerprint density at radius 3 is 2.65 bits per heavy atom. The predicted molar refractivity (Wildman–Crippen MR) is 66.9 cm³/mol. The van der Waals surface area contributed by atoms with Crippen molar-refractivity contribution in [2.45, 2.75) is 18.2 Å². The lowest BCUT2D eigenvalue weighted by molar-refractivity contribution is 0.301. The Morgan fingerprint density at radius 2 is 2.12 bits per heavy atom. The van der Waals surface area contributed by atoms with Crippen LogP contribution in [0, 0.1) is 0 Å². The molecule has 0 aliphatic rings. The van der Waals surface area contributed by atoms with E-state index in [1.54, 1.807) is 17.2 Å². The van der Waals surface area contributed by atoms with Gasteiger partial charge in [0.25, 0.3) is 0 Å². The van der Waals surface area contributed by atoms with E-state index in [4.69, 9.17) is 5.11 Å². The van der Waals surface area contributed by atoms with Gasteiger partial charge in [-0.15, -0.1) is 0 Å². The van der Waals surface area contributed by atoms with Crippen molar-refractivity contribution >= 4 is 15.7 Å². The summed E-state index contributed by atoms with van der Waals surface area (Å²) in [6, 6.07) is 3.14. The van der Waals surface area contributed by atoms with Crippen LogP contribution in [0.1, 0.15) is 13.3 Å². The van der Waals surface area contributed by atoms with Crippen LogP contribution in [0.15, 0.2) is 23.2 Å². The van der Waals surface area contributed by atoms with Crippen LogP contribution in [0.5, 0.6) is 0 Å². The van der Waals surface area contributed by atoms with Crippen molar-refractivity contribution in [2.24, 2.45) is 0 Å².